The molecule has 56 heavy (non-hydrogen) atoms. The van der Waals surface area contributed by atoms with Crippen LogP contribution in [0.1, 0.15) is 78.3 Å². The number of hydrogen-bond acceptors (Lipinski definition) is 4. The van der Waals surface area contributed by atoms with E-state index in [1.54, 1.807) is 0 Å². The zero-order valence-corrected chi connectivity index (χ0v) is 30.5. The number of carbonyl (C=O) groups excluding carboxylic acids is 2. The zero-order chi connectivity index (χ0) is 37.8. The highest BCUT2D eigenvalue weighted by Crippen LogP contribution is 2.46. The molecule has 4 unspecified atom stereocenters. The van der Waals surface area contributed by atoms with Gasteiger partial charge in [-0.05, 0) is 52.6 Å². The molecule has 7 aromatic carbocycles. The molecule has 0 saturated heterocycles. The fraction of sp³-hybridized carbons (Fsp3) is 0.0800. The van der Waals surface area contributed by atoms with E-state index in [-0.39, 0.29) is 23.9 Å². The number of benzene rings is 7. The van der Waals surface area contributed by atoms with Gasteiger partial charge in [0.1, 0.15) is 23.8 Å². The fourth-order valence-electron chi connectivity index (χ4n) is 7.96. The minimum absolute atomic E-state index is 0.144. The average molecular weight is 727 g/mol. The Kier molecular flexibility index (Phi) is 9.44. The minimum atomic E-state index is -0.408. The maximum atomic E-state index is 14.8. The average Bonchev–Trinajstić information content (AvgIpc) is 3.89. The van der Waals surface area contributed by atoms with E-state index < -0.39 is 12.1 Å². The lowest BCUT2D eigenvalue weighted by Gasteiger charge is -2.30. The van der Waals surface area contributed by atoms with Gasteiger partial charge in [-0.3, -0.25) is 29.4 Å². The van der Waals surface area contributed by atoms with Crippen molar-refractivity contribution in [2.75, 3.05) is 0 Å². The Bertz CT molecular complexity index is 2350. The van der Waals surface area contributed by atoms with E-state index in [2.05, 4.69) is 48.5 Å². The summed E-state index contributed by atoms with van der Waals surface area (Å²) < 4.78 is 0. The summed E-state index contributed by atoms with van der Waals surface area (Å²) in [4.78, 5) is 44.1. The first kappa shape index (κ1) is 34.6. The van der Waals surface area contributed by atoms with Gasteiger partial charge in [0.15, 0.2) is 0 Å². The molecular formula is C50H38N4O2. The summed E-state index contributed by atoms with van der Waals surface area (Å²) in [6.45, 7) is 0. The normalized spacial score (nSPS) is 19.0. The Morgan fingerprint density at radius 3 is 1.00 bits per heavy atom. The van der Waals surface area contributed by atoms with E-state index in [4.69, 9.17) is 9.98 Å². The molecule has 2 aliphatic rings. The highest BCUT2D eigenvalue weighted by atomic mass is 16.2. The summed E-state index contributed by atoms with van der Waals surface area (Å²) in [5.74, 6) is 0.827. The molecule has 0 aromatic heterocycles. The van der Waals surface area contributed by atoms with Crippen LogP contribution in [0, 0.1) is 0 Å². The van der Waals surface area contributed by atoms with Crippen LogP contribution >= 0.6 is 0 Å². The first-order valence-electron chi connectivity index (χ1n) is 18.9. The van der Waals surface area contributed by atoms with E-state index >= 15 is 0 Å². The molecule has 0 saturated carbocycles. The Balaban J connectivity index is 1.22. The van der Waals surface area contributed by atoms with Gasteiger partial charge in [0.05, 0.1) is 12.1 Å². The molecule has 6 heteroatoms. The molecule has 0 bridgehead atoms. The molecule has 2 heterocycles. The van der Waals surface area contributed by atoms with Crippen molar-refractivity contribution in [1.82, 2.24) is 9.80 Å². The quantitative estimate of drug-likeness (QED) is 0.157. The van der Waals surface area contributed by atoms with Gasteiger partial charge >= 0.3 is 0 Å². The maximum Gasteiger partial charge on any atom is 0.260 e. The molecule has 0 aliphatic carbocycles. The molecule has 4 atom stereocenters. The van der Waals surface area contributed by atoms with Crippen molar-refractivity contribution in [3.05, 3.63) is 251 Å². The van der Waals surface area contributed by atoms with Gasteiger partial charge in [-0.2, -0.15) is 0 Å². The van der Waals surface area contributed by atoms with Gasteiger partial charge in [0, 0.05) is 22.3 Å². The third kappa shape index (κ3) is 6.52. The molecule has 6 nitrogen and oxygen atoms in total. The van der Waals surface area contributed by atoms with Crippen LogP contribution in [0.15, 0.2) is 216 Å². The predicted molar refractivity (Wildman–Crippen MR) is 221 cm³/mol. The SMILES string of the molecule is O=C(c1ccccc1)N1C(c2cccc(C3=NC(c4ccccc4)C(c4ccccc4)N3C(=O)c3ccccc3)c2)=NC(c2ccccc2)C1c1ccccc1. The predicted octanol–water partition coefficient (Wildman–Crippen LogP) is 10.5. The molecule has 0 fully saturated rings. The van der Waals surface area contributed by atoms with E-state index in [9.17, 15) is 9.59 Å². The van der Waals surface area contributed by atoms with Gasteiger partial charge in [0.2, 0.25) is 0 Å². The highest BCUT2D eigenvalue weighted by molar-refractivity contribution is 6.17. The number of amidine groups is 2. The Hall–Kier alpha value is -7.18. The lowest BCUT2D eigenvalue weighted by molar-refractivity contribution is 0.0797. The Morgan fingerprint density at radius 1 is 0.357 bits per heavy atom. The van der Waals surface area contributed by atoms with Crippen LogP contribution in [-0.2, 0) is 0 Å². The Morgan fingerprint density at radius 2 is 0.661 bits per heavy atom. The summed E-state index contributed by atoms with van der Waals surface area (Å²) in [7, 11) is 0. The molecule has 0 N–H and O–H groups in total. The number of aliphatic imine (C=N–C) groups is 2. The van der Waals surface area contributed by atoms with Crippen molar-refractivity contribution >= 4 is 23.5 Å². The lowest BCUT2D eigenvalue weighted by Crippen LogP contribution is -2.39. The van der Waals surface area contributed by atoms with Crippen LogP contribution in [-0.4, -0.2) is 33.3 Å². The second-order valence-corrected chi connectivity index (χ2v) is 14.0. The summed E-state index contributed by atoms with van der Waals surface area (Å²) in [6.07, 6.45) is 0. The van der Waals surface area contributed by atoms with Gasteiger partial charge in [-0.1, -0.05) is 176 Å². The third-order valence-corrected chi connectivity index (χ3v) is 10.6. The molecule has 9 rings (SSSR count). The van der Waals surface area contributed by atoms with Crippen molar-refractivity contribution in [1.29, 1.82) is 0 Å². The molecule has 2 aliphatic heterocycles. The van der Waals surface area contributed by atoms with Crippen LogP contribution < -0.4 is 0 Å². The van der Waals surface area contributed by atoms with E-state index in [0.29, 0.717) is 22.8 Å². The zero-order valence-electron chi connectivity index (χ0n) is 30.5. The number of amides is 2. The van der Waals surface area contributed by atoms with Crippen molar-refractivity contribution < 1.29 is 9.59 Å². The number of hydrogen-bond donors (Lipinski definition) is 0. The molecule has 270 valence electrons. The van der Waals surface area contributed by atoms with Crippen LogP contribution in [0.3, 0.4) is 0 Å². The van der Waals surface area contributed by atoms with E-state index in [0.717, 1.165) is 33.4 Å². The second kappa shape index (κ2) is 15.3. The monoisotopic (exact) mass is 726 g/mol. The topological polar surface area (TPSA) is 65.3 Å². The van der Waals surface area contributed by atoms with Crippen LogP contribution in [0.25, 0.3) is 0 Å². The van der Waals surface area contributed by atoms with Gasteiger partial charge in [0.25, 0.3) is 11.8 Å². The standard InChI is InChI=1S/C50H38N4O2/c55-49(39-28-15-5-16-29-39)53-45(37-24-11-3-12-25-37)43(35-20-7-1-8-21-35)51-47(53)41-32-19-33-42(34-41)48-52-44(36-22-9-2-10-23-36)46(38-26-13-4-14-27-38)54(48)50(56)40-30-17-6-18-31-40/h1-34,43-46H. The van der Waals surface area contributed by atoms with Gasteiger partial charge < -0.3 is 0 Å². The second-order valence-electron chi connectivity index (χ2n) is 14.0. The molecule has 2 amide bonds. The van der Waals surface area contributed by atoms with Gasteiger partial charge in [-0.15, -0.1) is 0 Å². The van der Waals surface area contributed by atoms with Crippen molar-refractivity contribution in [2.45, 2.75) is 24.2 Å². The number of rotatable bonds is 8. The van der Waals surface area contributed by atoms with E-state index in [1.807, 2.05) is 168 Å². The van der Waals surface area contributed by atoms with Crippen molar-refractivity contribution in [3.8, 4) is 0 Å². The summed E-state index contributed by atoms with van der Waals surface area (Å²) in [5.41, 5.74) is 6.63. The third-order valence-electron chi connectivity index (χ3n) is 10.6. The van der Waals surface area contributed by atoms with Crippen LogP contribution in [0.4, 0.5) is 0 Å². The van der Waals surface area contributed by atoms with E-state index in [1.165, 1.54) is 0 Å². The largest absolute Gasteiger partial charge is 0.282 e. The summed E-state index contributed by atoms with van der Waals surface area (Å²) in [6, 6.07) is 65.8. The molecule has 0 radical (unpaired) electrons. The molecular weight excluding hydrogens is 689 g/mol. The lowest BCUT2D eigenvalue weighted by atomic mass is 9.93. The first-order valence-corrected chi connectivity index (χ1v) is 18.9. The highest BCUT2D eigenvalue weighted by Gasteiger charge is 2.44. The van der Waals surface area contributed by atoms with Crippen LogP contribution in [0.2, 0.25) is 0 Å². The number of nitrogens with zero attached hydrogens (tertiary/aromatic N) is 4. The first-order chi connectivity index (χ1) is 27.7. The molecule has 7 aromatic rings. The fourth-order valence-corrected chi connectivity index (χ4v) is 7.96. The maximum absolute atomic E-state index is 14.8. The summed E-state index contributed by atoms with van der Waals surface area (Å²) >= 11 is 0. The number of carbonyl (C=O) groups is 2. The minimum Gasteiger partial charge on any atom is -0.282 e. The Labute approximate surface area is 326 Å². The van der Waals surface area contributed by atoms with Crippen molar-refractivity contribution in [2.24, 2.45) is 9.98 Å². The smallest absolute Gasteiger partial charge is 0.260 e. The van der Waals surface area contributed by atoms with Crippen molar-refractivity contribution in [3.63, 3.8) is 0 Å². The van der Waals surface area contributed by atoms with Crippen LogP contribution in [0.5, 0.6) is 0 Å². The van der Waals surface area contributed by atoms with Gasteiger partial charge in [-0.25, -0.2) is 0 Å². The molecule has 0 spiro atoms. The summed E-state index contributed by atoms with van der Waals surface area (Å²) in [5, 5.41) is 0.